The van der Waals surface area contributed by atoms with Gasteiger partial charge in [-0.3, -0.25) is 9.59 Å². The molecule has 1 aromatic carbocycles. The molecule has 0 saturated carbocycles. The molecule has 1 N–H and O–H groups in total. The van der Waals surface area contributed by atoms with E-state index in [1.807, 2.05) is 77.9 Å². The maximum Gasteiger partial charge on any atom is 0.331 e. The Hall–Kier alpha value is -2.93. The zero-order valence-corrected chi connectivity index (χ0v) is 22.9. The molecule has 1 rings (SSSR count). The van der Waals surface area contributed by atoms with Crippen molar-refractivity contribution in [3.05, 3.63) is 53.6 Å². The van der Waals surface area contributed by atoms with Crippen LogP contribution in [-0.4, -0.2) is 55.6 Å². The topological polar surface area (TPSA) is 84.9 Å². The van der Waals surface area contributed by atoms with Crippen LogP contribution in [0.2, 0.25) is 0 Å². The van der Waals surface area contributed by atoms with Crippen molar-refractivity contribution in [2.75, 3.05) is 25.6 Å². The lowest BCUT2D eigenvalue weighted by molar-refractivity contribution is -0.161. The first-order chi connectivity index (χ1) is 16.0. The van der Waals surface area contributed by atoms with Crippen LogP contribution in [-0.2, 0) is 19.1 Å². The number of carbonyl (C=O) groups excluding carboxylic acids is 3. The van der Waals surface area contributed by atoms with Gasteiger partial charge in [0.1, 0.15) is 5.60 Å². The number of hydrogen-bond donors (Lipinski definition) is 1. The molecule has 0 aliphatic rings. The van der Waals surface area contributed by atoms with Crippen LogP contribution in [0.25, 0.3) is 0 Å². The van der Waals surface area contributed by atoms with Crippen LogP contribution in [0.5, 0.6) is 0 Å². The first-order valence-corrected chi connectivity index (χ1v) is 11.8. The van der Waals surface area contributed by atoms with Crippen LogP contribution in [0.3, 0.4) is 0 Å². The molecule has 35 heavy (non-hydrogen) atoms. The average Bonchev–Trinajstić information content (AvgIpc) is 2.72. The van der Waals surface area contributed by atoms with Crippen molar-refractivity contribution in [2.45, 2.75) is 72.6 Å². The minimum absolute atomic E-state index is 0.00294. The lowest BCUT2D eigenvalue weighted by Gasteiger charge is -2.27. The summed E-state index contributed by atoms with van der Waals surface area (Å²) in [4.78, 5) is 39.8. The van der Waals surface area contributed by atoms with Crippen molar-refractivity contribution in [3.63, 3.8) is 0 Å². The minimum atomic E-state index is -0.944. The van der Waals surface area contributed by atoms with E-state index in [4.69, 9.17) is 9.47 Å². The van der Waals surface area contributed by atoms with Crippen molar-refractivity contribution >= 4 is 23.3 Å². The van der Waals surface area contributed by atoms with Crippen LogP contribution in [0, 0.1) is 5.92 Å². The second-order valence-electron chi connectivity index (χ2n) is 10.9. The Morgan fingerprint density at radius 3 is 2.03 bits per heavy atom. The molecule has 0 fully saturated rings. The first-order valence-electron chi connectivity index (χ1n) is 11.8. The second kappa shape index (κ2) is 12.7. The van der Waals surface area contributed by atoms with Crippen molar-refractivity contribution in [1.29, 1.82) is 0 Å². The predicted molar refractivity (Wildman–Crippen MR) is 141 cm³/mol. The summed E-state index contributed by atoms with van der Waals surface area (Å²) in [7, 11) is 3.89. The van der Waals surface area contributed by atoms with Gasteiger partial charge in [-0.1, -0.05) is 24.6 Å². The van der Waals surface area contributed by atoms with Crippen molar-refractivity contribution in [1.82, 2.24) is 5.32 Å². The highest BCUT2D eigenvalue weighted by atomic mass is 16.6. The Bertz CT molecular complexity index is 932. The van der Waals surface area contributed by atoms with Crippen LogP contribution < -0.4 is 10.2 Å². The fourth-order valence-corrected chi connectivity index (χ4v) is 3.01. The van der Waals surface area contributed by atoms with E-state index in [0.717, 1.165) is 11.3 Å². The summed E-state index contributed by atoms with van der Waals surface area (Å²) in [6.07, 6.45) is 4.76. The van der Waals surface area contributed by atoms with Gasteiger partial charge in [0.25, 0.3) is 0 Å². The fourth-order valence-electron chi connectivity index (χ4n) is 3.01. The summed E-state index contributed by atoms with van der Waals surface area (Å²) in [5, 5.41) is 2.66. The highest BCUT2D eigenvalue weighted by molar-refractivity contribution is 5.99. The molecule has 0 saturated heterocycles. The molecule has 194 valence electrons. The number of nitrogens with zero attached hydrogens (tertiary/aromatic N) is 1. The Morgan fingerprint density at radius 1 is 0.971 bits per heavy atom. The van der Waals surface area contributed by atoms with Gasteiger partial charge in [0.05, 0.1) is 12.2 Å². The van der Waals surface area contributed by atoms with E-state index in [1.165, 1.54) is 6.08 Å². The number of ketones is 1. The number of Topliss-reactive ketones (excluding diaryl/α,β-unsaturated/α-hetero) is 1. The molecule has 7 heteroatoms. The fraction of sp³-hybridized carbons (Fsp3) is 0.536. The van der Waals surface area contributed by atoms with E-state index in [9.17, 15) is 14.4 Å². The zero-order chi connectivity index (χ0) is 27.0. The summed E-state index contributed by atoms with van der Waals surface area (Å²) in [5.41, 5.74) is 1.24. The van der Waals surface area contributed by atoms with E-state index in [-0.39, 0.29) is 18.3 Å². The minimum Gasteiger partial charge on any atom is -0.458 e. The molecule has 1 amide bonds. The summed E-state index contributed by atoms with van der Waals surface area (Å²) in [6.45, 7) is 14.5. The molecular weight excluding hydrogens is 444 g/mol. The largest absolute Gasteiger partial charge is 0.458 e. The van der Waals surface area contributed by atoms with Gasteiger partial charge < -0.3 is 19.7 Å². The Labute approximate surface area is 210 Å². The number of benzene rings is 1. The van der Waals surface area contributed by atoms with Gasteiger partial charge in [0.2, 0.25) is 5.91 Å². The van der Waals surface area contributed by atoms with E-state index in [0.29, 0.717) is 5.56 Å². The van der Waals surface area contributed by atoms with E-state index in [2.05, 4.69) is 5.32 Å². The van der Waals surface area contributed by atoms with Crippen molar-refractivity contribution in [2.24, 2.45) is 5.92 Å². The predicted octanol–water partition coefficient (Wildman–Crippen LogP) is 4.72. The summed E-state index contributed by atoms with van der Waals surface area (Å²) >= 11 is 0. The lowest BCUT2D eigenvalue weighted by Crippen LogP contribution is -2.47. The monoisotopic (exact) mass is 486 g/mol. The number of allylic oxidation sites excluding steroid dienone is 3. The molecule has 0 aliphatic heterocycles. The maximum absolute atomic E-state index is 12.8. The molecule has 0 radical (unpaired) electrons. The number of esters is 1. The average molecular weight is 487 g/mol. The first kappa shape index (κ1) is 30.1. The zero-order valence-electron chi connectivity index (χ0n) is 22.9. The molecular formula is C28H42N2O5. The maximum atomic E-state index is 12.8. The molecule has 0 aromatic heterocycles. The second-order valence-corrected chi connectivity index (χ2v) is 10.9. The molecule has 0 spiro atoms. The Kier molecular flexibility index (Phi) is 10.9. The molecule has 0 unspecified atom stereocenters. The van der Waals surface area contributed by atoms with Gasteiger partial charge in [-0.2, -0.15) is 0 Å². The van der Waals surface area contributed by atoms with Gasteiger partial charge in [-0.05, 0) is 72.7 Å². The van der Waals surface area contributed by atoms with Crippen molar-refractivity contribution in [3.8, 4) is 0 Å². The van der Waals surface area contributed by atoms with Crippen LogP contribution in [0.4, 0.5) is 5.69 Å². The number of rotatable bonds is 10. The number of ether oxygens (including phenoxy) is 2. The molecule has 7 nitrogen and oxygen atoms in total. The Morgan fingerprint density at radius 2 is 1.54 bits per heavy atom. The van der Waals surface area contributed by atoms with E-state index >= 15 is 0 Å². The number of anilines is 1. The molecule has 0 bridgehead atoms. The highest BCUT2D eigenvalue weighted by Gasteiger charge is 2.28. The smallest absolute Gasteiger partial charge is 0.331 e. The molecule has 0 aliphatic carbocycles. The third kappa shape index (κ3) is 11.9. The van der Waals surface area contributed by atoms with E-state index in [1.54, 1.807) is 32.9 Å². The van der Waals surface area contributed by atoms with Crippen LogP contribution >= 0.6 is 0 Å². The van der Waals surface area contributed by atoms with Gasteiger partial charge in [-0.25, -0.2) is 4.79 Å². The number of amides is 1. The standard InChI is InChI=1S/C28H42N2O5/c1-19(17-20(2)25(32)21-12-14-22(15-13-21)30(9)10)11-16-24(31)29-23(18-34-27(3,4)5)26(33)35-28(6,7)8/h11-17,20,23H,18H2,1-10H3,(H,29,31)/b16-11+,19-17+/t20-,23+/m1/s1. The van der Waals surface area contributed by atoms with E-state index < -0.39 is 29.1 Å². The molecule has 1 aromatic rings. The third-order valence-electron chi connectivity index (χ3n) is 4.78. The van der Waals surface area contributed by atoms with Gasteiger partial charge in [-0.15, -0.1) is 0 Å². The normalized spacial score (nSPS) is 14.4. The van der Waals surface area contributed by atoms with Crippen LogP contribution in [0.15, 0.2) is 48.1 Å². The summed E-state index contributed by atoms with van der Waals surface area (Å²) in [6, 6.07) is 6.51. The number of carbonyl (C=O) groups is 3. The third-order valence-corrected chi connectivity index (χ3v) is 4.78. The highest BCUT2D eigenvalue weighted by Crippen LogP contribution is 2.17. The summed E-state index contributed by atoms with van der Waals surface area (Å²) < 4.78 is 11.1. The Balaban J connectivity index is 2.84. The molecule has 0 heterocycles. The van der Waals surface area contributed by atoms with Gasteiger partial charge in [0.15, 0.2) is 11.8 Å². The quantitative estimate of drug-likeness (QED) is 0.223. The summed E-state index contributed by atoms with van der Waals surface area (Å²) in [5.74, 6) is -1.38. The molecule has 2 atom stereocenters. The SMILES string of the molecule is CC(/C=C/C(=O)N[C@@H](COC(C)(C)C)C(=O)OC(C)(C)C)=C\[C@@H](C)C(=O)c1ccc(N(C)C)cc1. The van der Waals surface area contributed by atoms with Gasteiger partial charge in [0, 0.05) is 37.3 Å². The van der Waals surface area contributed by atoms with Crippen molar-refractivity contribution < 1.29 is 23.9 Å². The van der Waals surface area contributed by atoms with Crippen LogP contribution in [0.1, 0.15) is 65.7 Å². The van der Waals surface area contributed by atoms with Gasteiger partial charge >= 0.3 is 5.97 Å². The number of nitrogens with one attached hydrogen (secondary N) is 1. The number of hydrogen-bond acceptors (Lipinski definition) is 6. The lowest BCUT2D eigenvalue weighted by atomic mass is 9.97.